The highest BCUT2D eigenvalue weighted by atomic mass is 19.1. The number of carbonyl (C=O) groups is 1. The monoisotopic (exact) mass is 553 g/mol. The highest BCUT2D eigenvalue weighted by Crippen LogP contribution is 2.27. The van der Waals surface area contributed by atoms with Crippen LogP contribution in [0.3, 0.4) is 0 Å². The van der Waals surface area contributed by atoms with E-state index in [0.29, 0.717) is 17.1 Å². The topological polar surface area (TPSA) is 130 Å². The summed E-state index contributed by atoms with van der Waals surface area (Å²) in [6.45, 7) is 5.49. The van der Waals surface area contributed by atoms with E-state index in [1.54, 1.807) is 38.1 Å². The van der Waals surface area contributed by atoms with Crippen molar-refractivity contribution < 1.29 is 13.9 Å². The van der Waals surface area contributed by atoms with Crippen LogP contribution in [0.15, 0.2) is 84.1 Å². The average Bonchev–Trinajstić information content (AvgIpc) is 2.96. The number of likely N-dealkylation sites (N-methyl/N-ethyl adjacent to an activating group) is 1. The predicted molar refractivity (Wildman–Crippen MR) is 161 cm³/mol. The zero-order chi connectivity index (χ0) is 29.5. The smallest absolute Gasteiger partial charge is 0.165 e. The fourth-order valence-corrected chi connectivity index (χ4v) is 4.23. The van der Waals surface area contributed by atoms with E-state index in [-0.39, 0.29) is 40.3 Å². The Balaban J connectivity index is 1.73. The van der Waals surface area contributed by atoms with Crippen LogP contribution in [0.2, 0.25) is 0 Å². The zero-order valence-corrected chi connectivity index (χ0v) is 23.3. The number of nitrogens with zero attached hydrogens (tertiary/aromatic N) is 4. The van der Waals surface area contributed by atoms with Crippen LogP contribution in [0.5, 0.6) is 5.75 Å². The first-order valence-electron chi connectivity index (χ1n) is 13.0. The summed E-state index contributed by atoms with van der Waals surface area (Å²) in [4.78, 5) is 26.9. The summed E-state index contributed by atoms with van der Waals surface area (Å²) in [5, 5.41) is 12.2. The minimum Gasteiger partial charge on any atom is -0.488 e. The molecule has 0 bridgehead atoms. The SMILES string of the molecule is CC(C)Oc1ccc(C(=N)c2c(N)ncnc2NC(C)/C(=N/c2ccccc2C=O)N(C)c2ccccc2)cc1F. The number of aldehydes is 1. The standard InChI is InChI=1S/C31H32FN7O2/c1-19(2)41-26-15-14-21(16-24(26)32)28(33)27-29(34)35-18-36-30(27)37-20(3)31(39(4)23-11-6-5-7-12-23)38-25-13-9-8-10-22(25)17-40/h5-20,33H,1-4H3,(H3,34,35,36,37)/b33-28?,38-31-. The lowest BCUT2D eigenvalue weighted by Gasteiger charge is -2.28. The zero-order valence-electron chi connectivity index (χ0n) is 23.3. The van der Waals surface area contributed by atoms with Gasteiger partial charge in [-0.3, -0.25) is 10.2 Å². The summed E-state index contributed by atoms with van der Waals surface area (Å²) < 4.78 is 20.3. The quantitative estimate of drug-likeness (QED) is 0.127. The minimum atomic E-state index is -0.591. The molecular weight excluding hydrogens is 521 g/mol. The molecule has 0 aliphatic heterocycles. The molecule has 1 unspecified atom stereocenters. The molecule has 0 fully saturated rings. The summed E-state index contributed by atoms with van der Waals surface area (Å²) >= 11 is 0. The minimum absolute atomic E-state index is 0.0591. The normalized spacial score (nSPS) is 12.1. The van der Waals surface area contributed by atoms with Crippen molar-refractivity contribution in [3.63, 3.8) is 0 Å². The number of hydrogen-bond acceptors (Lipinski definition) is 8. The van der Waals surface area contributed by atoms with E-state index in [1.807, 2.05) is 55.3 Å². The lowest BCUT2D eigenvalue weighted by molar-refractivity contribution is 0.112. The molecule has 10 heteroatoms. The van der Waals surface area contributed by atoms with Crippen LogP contribution in [0.1, 0.15) is 42.3 Å². The Bertz CT molecular complexity index is 1570. The van der Waals surface area contributed by atoms with Gasteiger partial charge in [-0.2, -0.15) is 0 Å². The van der Waals surface area contributed by atoms with E-state index in [9.17, 15) is 9.18 Å². The number of ether oxygens (including phenoxy) is 1. The van der Waals surface area contributed by atoms with Gasteiger partial charge in [0.1, 0.15) is 23.8 Å². The third-order valence-corrected chi connectivity index (χ3v) is 6.24. The maximum atomic E-state index is 14.8. The molecule has 4 N–H and O–H groups in total. The van der Waals surface area contributed by atoms with Gasteiger partial charge in [0.25, 0.3) is 0 Å². The number of rotatable bonds is 10. The fraction of sp³-hybridized carbons (Fsp3) is 0.194. The Kier molecular flexibility index (Phi) is 9.03. The number of nitrogens with two attached hydrogens (primary N) is 1. The second-order valence-corrected chi connectivity index (χ2v) is 9.58. The van der Waals surface area contributed by atoms with Gasteiger partial charge >= 0.3 is 0 Å². The van der Waals surface area contributed by atoms with E-state index in [4.69, 9.17) is 20.9 Å². The number of halogens is 1. The molecule has 1 atom stereocenters. The van der Waals surface area contributed by atoms with Gasteiger partial charge in [-0.1, -0.05) is 30.3 Å². The number of benzene rings is 3. The Hall–Kier alpha value is -5.12. The fourth-order valence-electron chi connectivity index (χ4n) is 4.23. The predicted octanol–water partition coefficient (Wildman–Crippen LogP) is 5.88. The molecule has 0 amide bonds. The van der Waals surface area contributed by atoms with Crippen LogP contribution in [0.25, 0.3) is 0 Å². The van der Waals surface area contributed by atoms with Gasteiger partial charge in [0.05, 0.1) is 29.1 Å². The molecule has 0 spiro atoms. The lowest BCUT2D eigenvalue weighted by Crippen LogP contribution is -2.40. The maximum absolute atomic E-state index is 14.8. The Morgan fingerprint density at radius 2 is 1.78 bits per heavy atom. The second-order valence-electron chi connectivity index (χ2n) is 9.58. The van der Waals surface area contributed by atoms with Crippen LogP contribution >= 0.6 is 0 Å². The van der Waals surface area contributed by atoms with Crippen molar-refractivity contribution in [2.45, 2.75) is 32.9 Å². The number of hydrogen-bond donors (Lipinski definition) is 3. The average molecular weight is 554 g/mol. The summed E-state index contributed by atoms with van der Waals surface area (Å²) in [7, 11) is 1.87. The first-order chi connectivity index (χ1) is 19.7. The van der Waals surface area contributed by atoms with E-state index in [1.165, 1.54) is 18.5 Å². The number of amidine groups is 1. The Morgan fingerprint density at radius 3 is 2.46 bits per heavy atom. The van der Waals surface area contributed by atoms with Crippen molar-refractivity contribution in [3.05, 3.63) is 102 Å². The number of anilines is 3. The molecule has 1 aromatic heterocycles. The molecule has 0 saturated carbocycles. The van der Waals surface area contributed by atoms with Gasteiger partial charge in [-0.05, 0) is 63.2 Å². The molecule has 0 saturated heterocycles. The number of aromatic nitrogens is 2. The Morgan fingerprint density at radius 1 is 1.07 bits per heavy atom. The molecule has 0 aliphatic carbocycles. The van der Waals surface area contributed by atoms with Gasteiger partial charge in [0, 0.05) is 23.9 Å². The molecule has 210 valence electrons. The first kappa shape index (κ1) is 28.9. The van der Waals surface area contributed by atoms with Crippen LogP contribution in [-0.4, -0.2) is 47.0 Å². The summed E-state index contributed by atoms with van der Waals surface area (Å²) in [6.07, 6.45) is 1.85. The van der Waals surface area contributed by atoms with Crippen molar-refractivity contribution in [1.29, 1.82) is 5.41 Å². The summed E-state index contributed by atoms with van der Waals surface area (Å²) in [5.41, 5.74) is 8.48. The van der Waals surface area contributed by atoms with Crippen molar-refractivity contribution in [2.75, 3.05) is 23.0 Å². The molecule has 41 heavy (non-hydrogen) atoms. The molecular formula is C31H32FN7O2. The van der Waals surface area contributed by atoms with Crippen molar-refractivity contribution in [1.82, 2.24) is 9.97 Å². The number of nitrogen functional groups attached to an aromatic ring is 1. The van der Waals surface area contributed by atoms with E-state index < -0.39 is 11.9 Å². The van der Waals surface area contributed by atoms with Gasteiger partial charge in [-0.25, -0.2) is 19.4 Å². The van der Waals surface area contributed by atoms with Crippen LogP contribution < -0.4 is 20.7 Å². The molecule has 0 aliphatic rings. The second kappa shape index (κ2) is 12.8. The Labute approximate surface area is 238 Å². The van der Waals surface area contributed by atoms with E-state index in [0.717, 1.165) is 12.0 Å². The van der Waals surface area contributed by atoms with Crippen LogP contribution in [0.4, 0.5) is 27.4 Å². The molecule has 0 radical (unpaired) electrons. The molecule has 9 nitrogen and oxygen atoms in total. The number of carbonyl (C=O) groups excluding carboxylic acids is 1. The number of aliphatic imine (C=N–C) groups is 1. The van der Waals surface area contributed by atoms with Gasteiger partial charge < -0.3 is 20.7 Å². The van der Waals surface area contributed by atoms with Crippen molar-refractivity contribution in [3.8, 4) is 5.75 Å². The first-order valence-corrected chi connectivity index (χ1v) is 13.0. The van der Waals surface area contributed by atoms with Gasteiger partial charge in [0.2, 0.25) is 0 Å². The van der Waals surface area contributed by atoms with Crippen LogP contribution in [-0.2, 0) is 0 Å². The number of nitrogens with one attached hydrogen (secondary N) is 2. The summed E-state index contributed by atoms with van der Waals surface area (Å²) in [5.74, 6) is 0.411. The molecule has 4 aromatic rings. The van der Waals surface area contributed by atoms with Crippen molar-refractivity contribution >= 4 is 40.8 Å². The highest BCUT2D eigenvalue weighted by Gasteiger charge is 2.23. The molecule has 3 aromatic carbocycles. The largest absolute Gasteiger partial charge is 0.488 e. The highest BCUT2D eigenvalue weighted by molar-refractivity contribution is 6.16. The van der Waals surface area contributed by atoms with Crippen molar-refractivity contribution in [2.24, 2.45) is 4.99 Å². The van der Waals surface area contributed by atoms with E-state index in [2.05, 4.69) is 15.3 Å². The van der Waals surface area contributed by atoms with E-state index >= 15 is 0 Å². The lowest BCUT2D eigenvalue weighted by atomic mass is 10.0. The molecule has 4 rings (SSSR count). The third-order valence-electron chi connectivity index (χ3n) is 6.24. The number of para-hydroxylation sites is 2. The maximum Gasteiger partial charge on any atom is 0.165 e. The third kappa shape index (κ3) is 6.73. The van der Waals surface area contributed by atoms with Gasteiger partial charge in [-0.15, -0.1) is 0 Å². The van der Waals surface area contributed by atoms with Crippen LogP contribution in [0, 0.1) is 11.2 Å². The summed E-state index contributed by atoms with van der Waals surface area (Å²) in [6, 6.07) is 20.5. The molecule has 1 heterocycles. The van der Waals surface area contributed by atoms with Gasteiger partial charge in [0.15, 0.2) is 17.9 Å².